The normalized spacial score (nSPS) is 21.6. The lowest BCUT2D eigenvalue weighted by atomic mass is 9.67. The molecule has 3 aromatic rings. The smallest absolute Gasteiger partial charge is 0.261 e. The van der Waals surface area contributed by atoms with E-state index in [2.05, 4.69) is 20.5 Å². The second-order valence-electron chi connectivity index (χ2n) is 10.2. The molecule has 222 valence electrons. The van der Waals surface area contributed by atoms with Gasteiger partial charge in [-0.25, -0.2) is 18.2 Å². The summed E-state index contributed by atoms with van der Waals surface area (Å²) in [6, 6.07) is 8.88. The first-order valence-electron chi connectivity index (χ1n) is 12.7. The molecule has 2 aromatic heterocycles. The molecule has 2 atom stereocenters. The number of carbonyl (C=O) groups is 2. The van der Waals surface area contributed by atoms with Gasteiger partial charge in [-0.2, -0.15) is 13.5 Å². The van der Waals surface area contributed by atoms with Crippen LogP contribution in [0.4, 0.5) is 19.0 Å². The summed E-state index contributed by atoms with van der Waals surface area (Å²) in [5.41, 5.74) is 0.490. The summed E-state index contributed by atoms with van der Waals surface area (Å²) in [4.78, 5) is 32.7. The van der Waals surface area contributed by atoms with Gasteiger partial charge < -0.3 is 15.0 Å². The second kappa shape index (κ2) is 11.6. The number of carbonyl (C=O) groups excluding carboxylic acids is 2. The van der Waals surface area contributed by atoms with Gasteiger partial charge in [0.05, 0.1) is 37.0 Å². The number of H-pyrrole nitrogens is 1. The van der Waals surface area contributed by atoms with Crippen molar-refractivity contribution < 1.29 is 40.5 Å². The number of nitrogens with zero attached hydrogens (tertiary/aromatic N) is 3. The Labute approximate surface area is 234 Å². The van der Waals surface area contributed by atoms with E-state index >= 15 is 0 Å². The maximum atomic E-state index is 14.6. The summed E-state index contributed by atoms with van der Waals surface area (Å²) in [7, 11) is -2.16. The van der Waals surface area contributed by atoms with Crippen molar-refractivity contribution in [1.82, 2.24) is 20.1 Å². The highest BCUT2D eigenvalue weighted by molar-refractivity contribution is 7.85. The van der Waals surface area contributed by atoms with Crippen LogP contribution in [0.3, 0.4) is 0 Å². The monoisotopic (exact) mass is 597 g/mol. The molecule has 1 saturated carbocycles. The number of fused-ring (bicyclic) bond motifs is 1. The highest BCUT2D eigenvalue weighted by Gasteiger charge is 2.53. The molecule has 2 aliphatic rings. The van der Waals surface area contributed by atoms with E-state index in [0.29, 0.717) is 28.6 Å². The Balaban J connectivity index is 0.000000714. The molecule has 11 nitrogen and oxygen atoms in total. The molecule has 0 unspecified atom stereocenters. The number of halogens is 3. The number of likely N-dealkylation sites (tertiary alicyclic amines) is 1. The number of aromatic nitrogens is 3. The molecule has 0 bridgehead atoms. The quantitative estimate of drug-likeness (QED) is 0.378. The molecule has 3 heterocycles. The third kappa shape index (κ3) is 7.14. The van der Waals surface area contributed by atoms with Crippen LogP contribution in [0.2, 0.25) is 0 Å². The Morgan fingerprint density at radius 1 is 1.12 bits per heavy atom. The fourth-order valence-corrected chi connectivity index (χ4v) is 5.22. The van der Waals surface area contributed by atoms with E-state index in [0.717, 1.165) is 0 Å². The Morgan fingerprint density at radius 2 is 1.76 bits per heavy atom. The van der Waals surface area contributed by atoms with Crippen LogP contribution in [-0.4, -0.2) is 82.9 Å². The number of benzene rings is 1. The van der Waals surface area contributed by atoms with Gasteiger partial charge in [0.15, 0.2) is 0 Å². The number of methoxy groups -OCH3 is 1. The molecule has 1 aliphatic heterocycles. The third-order valence-corrected chi connectivity index (χ3v) is 7.25. The van der Waals surface area contributed by atoms with E-state index in [1.165, 1.54) is 18.2 Å². The number of hydrogen-bond donors (Lipinski definition) is 3. The first-order chi connectivity index (χ1) is 19.2. The number of aromatic amines is 1. The van der Waals surface area contributed by atoms with Crippen molar-refractivity contribution >= 4 is 38.8 Å². The highest BCUT2D eigenvalue weighted by atomic mass is 32.2. The molecule has 15 heteroatoms. The lowest BCUT2D eigenvalue weighted by molar-refractivity contribution is -0.146. The molecular formula is C26H30F3N5O6S. The summed E-state index contributed by atoms with van der Waals surface area (Å²) >= 11 is 0. The molecule has 41 heavy (non-hydrogen) atoms. The predicted octanol–water partition coefficient (Wildman–Crippen LogP) is 3.50. The van der Waals surface area contributed by atoms with Crippen molar-refractivity contribution in [3.63, 3.8) is 0 Å². The van der Waals surface area contributed by atoms with Crippen molar-refractivity contribution in [2.45, 2.75) is 55.7 Å². The van der Waals surface area contributed by atoms with Gasteiger partial charge in [-0.1, -0.05) is 12.1 Å². The van der Waals surface area contributed by atoms with Crippen molar-refractivity contribution in [1.29, 1.82) is 0 Å². The van der Waals surface area contributed by atoms with E-state index in [1.54, 1.807) is 36.4 Å². The van der Waals surface area contributed by atoms with Gasteiger partial charge in [-0.15, -0.1) is 0 Å². The molecule has 1 saturated heterocycles. The van der Waals surface area contributed by atoms with Crippen LogP contribution in [0.5, 0.6) is 5.75 Å². The molecule has 3 N–H and O–H groups in total. The molecule has 0 radical (unpaired) electrons. The minimum Gasteiger partial charge on any atom is -0.497 e. The van der Waals surface area contributed by atoms with Crippen molar-refractivity contribution in [3.8, 4) is 5.75 Å². The summed E-state index contributed by atoms with van der Waals surface area (Å²) in [6.07, 6.45) is -0.519. The summed E-state index contributed by atoms with van der Waals surface area (Å²) in [6.45, 7) is -0.278. The average molecular weight is 598 g/mol. The zero-order valence-electron chi connectivity index (χ0n) is 22.3. The standard InChI is InChI=1S/C25H26F3N5O3.CH4O3S/c1-36-17-4-2-15(3-5-17)24(8-10-25(27,28)11-9-24)23(35)33-14-16(26)12-20(33)22(34)31-21-7-6-18-19(30-21)13-29-32-18;1-5(2,3)4/h2-7,13,16,20H,8-12,14H2,1H3,(H,29,32)(H,30,31,34);1H3,(H,2,3,4)/t16-,20-;/m1./s1. The van der Waals surface area contributed by atoms with E-state index in [-0.39, 0.29) is 31.6 Å². The first-order valence-corrected chi connectivity index (χ1v) is 14.6. The second-order valence-corrected chi connectivity index (χ2v) is 11.7. The number of anilines is 1. The SMILES string of the molecule is COc1ccc(C2(C(=O)N3C[C@H](F)C[C@@H]3C(=O)Nc3ccc4[nH]ncc4n3)CCC(F)(F)CC2)cc1.CS(=O)(=O)O. The van der Waals surface area contributed by atoms with Crippen LogP contribution in [0, 0.1) is 0 Å². The van der Waals surface area contributed by atoms with Crippen LogP contribution in [0.25, 0.3) is 11.0 Å². The van der Waals surface area contributed by atoms with Crippen LogP contribution >= 0.6 is 0 Å². The van der Waals surface area contributed by atoms with E-state index < -0.39 is 58.3 Å². The lowest BCUT2D eigenvalue weighted by Gasteiger charge is -2.42. The molecular weight excluding hydrogens is 567 g/mol. The van der Waals surface area contributed by atoms with Crippen LogP contribution in [-0.2, 0) is 25.1 Å². The molecule has 2 amide bonds. The Morgan fingerprint density at radius 3 is 2.37 bits per heavy atom. The summed E-state index contributed by atoms with van der Waals surface area (Å²) < 4.78 is 74.0. The Bertz CT molecular complexity index is 1500. The zero-order chi connectivity index (χ0) is 30.0. The zero-order valence-corrected chi connectivity index (χ0v) is 23.1. The van der Waals surface area contributed by atoms with Gasteiger partial charge >= 0.3 is 0 Å². The van der Waals surface area contributed by atoms with Gasteiger partial charge in [0.25, 0.3) is 10.1 Å². The molecule has 0 spiro atoms. The van der Waals surface area contributed by atoms with Gasteiger partial charge in [0, 0.05) is 19.3 Å². The maximum absolute atomic E-state index is 14.6. The topological polar surface area (TPSA) is 155 Å². The van der Waals surface area contributed by atoms with Crippen LogP contribution < -0.4 is 10.1 Å². The minimum atomic E-state index is -3.67. The number of amides is 2. The highest BCUT2D eigenvalue weighted by Crippen LogP contribution is 2.47. The fraction of sp³-hybridized carbons (Fsp3) is 0.462. The number of hydrogen-bond acceptors (Lipinski definition) is 7. The Kier molecular flexibility index (Phi) is 8.59. The third-order valence-electron chi connectivity index (χ3n) is 7.25. The van der Waals surface area contributed by atoms with Crippen molar-refractivity contribution in [2.75, 3.05) is 25.2 Å². The predicted molar refractivity (Wildman–Crippen MR) is 143 cm³/mol. The fourth-order valence-electron chi connectivity index (χ4n) is 5.22. The number of rotatable bonds is 5. The molecule has 1 aliphatic carbocycles. The minimum absolute atomic E-state index is 0.105. The van der Waals surface area contributed by atoms with Crippen LogP contribution in [0.1, 0.15) is 37.7 Å². The average Bonchev–Trinajstić information content (AvgIpc) is 3.54. The van der Waals surface area contributed by atoms with Gasteiger partial charge in [0.2, 0.25) is 17.7 Å². The number of nitrogens with one attached hydrogen (secondary N) is 2. The largest absolute Gasteiger partial charge is 0.497 e. The molecule has 1 aromatic carbocycles. The van der Waals surface area contributed by atoms with E-state index in [4.69, 9.17) is 9.29 Å². The van der Waals surface area contributed by atoms with Crippen molar-refractivity contribution in [3.05, 3.63) is 48.2 Å². The van der Waals surface area contributed by atoms with Gasteiger partial charge in [0.1, 0.15) is 29.3 Å². The summed E-state index contributed by atoms with van der Waals surface area (Å²) in [5.74, 6) is -3.16. The summed E-state index contributed by atoms with van der Waals surface area (Å²) in [5, 5.41) is 9.32. The molecule has 5 rings (SSSR count). The van der Waals surface area contributed by atoms with Crippen molar-refractivity contribution in [2.24, 2.45) is 0 Å². The van der Waals surface area contributed by atoms with Crippen LogP contribution in [0.15, 0.2) is 42.6 Å². The van der Waals surface area contributed by atoms with E-state index in [1.807, 2.05) is 0 Å². The number of pyridine rings is 1. The number of alkyl halides is 3. The maximum Gasteiger partial charge on any atom is 0.261 e. The van der Waals surface area contributed by atoms with Gasteiger partial charge in [-0.3, -0.25) is 19.2 Å². The number of ether oxygens (including phenoxy) is 1. The first kappa shape index (κ1) is 30.2. The molecule has 2 fully saturated rings. The lowest BCUT2D eigenvalue weighted by Crippen LogP contribution is -2.54. The Hall–Kier alpha value is -3.72. The van der Waals surface area contributed by atoms with E-state index in [9.17, 15) is 31.2 Å². The van der Waals surface area contributed by atoms with Gasteiger partial charge in [-0.05, 0) is 42.7 Å².